The molecule has 0 spiro atoms. The molecule has 19 heavy (non-hydrogen) atoms. The van der Waals surface area contributed by atoms with Crippen LogP contribution < -0.4 is 0 Å². The van der Waals surface area contributed by atoms with Crippen LogP contribution in [0.4, 0.5) is 0 Å². The Balaban J connectivity index is 2.21. The normalized spacial score (nSPS) is 18.3. The summed E-state index contributed by atoms with van der Waals surface area (Å²) in [6.45, 7) is 0.320. The maximum absolute atomic E-state index is 11.8. The number of rotatable bonds is 3. The summed E-state index contributed by atoms with van der Waals surface area (Å²) in [7, 11) is 0. The molecule has 0 saturated carbocycles. The maximum atomic E-state index is 11.8. The van der Waals surface area contributed by atoms with Crippen LogP contribution >= 0.6 is 23.2 Å². The number of cyclic esters (lactones) is 1. The van der Waals surface area contributed by atoms with Crippen molar-refractivity contribution in [2.75, 3.05) is 13.1 Å². The van der Waals surface area contributed by atoms with Crippen molar-refractivity contribution in [1.29, 1.82) is 0 Å². The molecule has 98 valence electrons. The first-order valence-corrected chi connectivity index (χ1v) is 6.09. The fourth-order valence-corrected chi connectivity index (χ4v) is 1.88. The summed E-state index contributed by atoms with van der Waals surface area (Å²) in [4.78, 5) is 18.6. The lowest BCUT2D eigenvalue weighted by atomic mass is 10.1. The van der Waals surface area contributed by atoms with Crippen molar-refractivity contribution in [3.05, 3.63) is 44.3 Å². The van der Waals surface area contributed by atoms with E-state index in [9.17, 15) is 4.79 Å². The van der Waals surface area contributed by atoms with Crippen molar-refractivity contribution >= 4 is 34.9 Å². The third kappa shape index (κ3) is 3.17. The van der Waals surface area contributed by atoms with Gasteiger partial charge in [-0.3, -0.25) is 4.99 Å². The van der Waals surface area contributed by atoms with Gasteiger partial charge in [0.25, 0.3) is 0 Å². The van der Waals surface area contributed by atoms with Gasteiger partial charge >= 0.3 is 5.97 Å². The van der Waals surface area contributed by atoms with Gasteiger partial charge in [0.1, 0.15) is 6.10 Å². The highest BCUT2D eigenvalue weighted by atomic mass is 35.5. The fourth-order valence-electron chi connectivity index (χ4n) is 1.58. The minimum atomic E-state index is -0.567. The van der Waals surface area contributed by atoms with Crippen LogP contribution in [0.3, 0.4) is 0 Å². The lowest BCUT2D eigenvalue weighted by Crippen LogP contribution is -2.34. The van der Waals surface area contributed by atoms with Crippen molar-refractivity contribution < 1.29 is 9.53 Å². The highest BCUT2D eigenvalue weighted by Crippen LogP contribution is 2.23. The number of hydrogen-bond acceptors (Lipinski definition) is 4. The zero-order valence-electron chi connectivity index (χ0n) is 9.58. The van der Waals surface area contributed by atoms with E-state index in [4.69, 9.17) is 33.5 Å². The van der Waals surface area contributed by atoms with Gasteiger partial charge in [-0.15, -0.1) is 0 Å². The monoisotopic (exact) mass is 298 g/mol. The zero-order valence-corrected chi connectivity index (χ0v) is 11.1. The standard InChI is InChI=1S/C11H8Cl2N4O2/c12-8-2-1-6(3-9(8)13)10-11(18)19-7(4-15-10)5-16-17-14/h1-3,7H,4-5H2/t7-/m0/s1. The van der Waals surface area contributed by atoms with Crippen molar-refractivity contribution in [3.63, 3.8) is 0 Å². The number of azide groups is 1. The number of hydrogen-bond donors (Lipinski definition) is 0. The van der Waals surface area contributed by atoms with Gasteiger partial charge in [-0.05, 0) is 17.7 Å². The number of ether oxygens (including phenoxy) is 1. The zero-order chi connectivity index (χ0) is 13.8. The van der Waals surface area contributed by atoms with Crippen molar-refractivity contribution in [2.24, 2.45) is 10.1 Å². The number of carbonyl (C=O) groups excluding carboxylic acids is 1. The van der Waals surface area contributed by atoms with Crippen LogP contribution in [-0.2, 0) is 9.53 Å². The number of carbonyl (C=O) groups is 1. The van der Waals surface area contributed by atoms with E-state index in [1.807, 2.05) is 0 Å². The molecule has 0 amide bonds. The van der Waals surface area contributed by atoms with Crippen molar-refractivity contribution in [1.82, 2.24) is 0 Å². The molecule has 8 heteroatoms. The van der Waals surface area contributed by atoms with Crippen LogP contribution in [0, 0.1) is 0 Å². The van der Waals surface area contributed by atoms with Crippen LogP contribution in [-0.4, -0.2) is 30.9 Å². The fraction of sp³-hybridized carbons (Fsp3) is 0.273. The van der Waals surface area contributed by atoms with Gasteiger partial charge in [0.05, 0.1) is 23.1 Å². The summed E-state index contributed by atoms with van der Waals surface area (Å²) >= 11 is 11.7. The minimum absolute atomic E-state index is 0.0698. The molecule has 0 aromatic heterocycles. The average Bonchev–Trinajstić information content (AvgIpc) is 2.40. The summed E-state index contributed by atoms with van der Waals surface area (Å²) < 4.78 is 5.11. The molecule has 1 aromatic carbocycles. The Kier molecular flexibility index (Phi) is 4.27. The van der Waals surface area contributed by atoms with Crippen molar-refractivity contribution in [2.45, 2.75) is 6.10 Å². The topological polar surface area (TPSA) is 87.4 Å². The lowest BCUT2D eigenvalue weighted by molar-refractivity contribution is -0.140. The van der Waals surface area contributed by atoms with E-state index in [0.717, 1.165) is 0 Å². The second-order valence-corrected chi connectivity index (χ2v) is 4.57. The summed E-state index contributed by atoms with van der Waals surface area (Å²) in [5.74, 6) is -0.567. The molecule has 0 radical (unpaired) electrons. The summed E-state index contributed by atoms with van der Waals surface area (Å²) in [5, 5.41) is 4.09. The van der Waals surface area contributed by atoms with Crippen LogP contribution in [0.5, 0.6) is 0 Å². The third-order valence-corrected chi connectivity index (χ3v) is 3.20. The largest absolute Gasteiger partial charge is 0.456 e. The lowest BCUT2D eigenvalue weighted by Gasteiger charge is -2.20. The van der Waals surface area contributed by atoms with E-state index < -0.39 is 12.1 Å². The number of nitrogens with zero attached hydrogens (tertiary/aromatic N) is 4. The first-order chi connectivity index (χ1) is 9.11. The van der Waals surface area contributed by atoms with Crippen LogP contribution in [0.1, 0.15) is 5.56 Å². The predicted octanol–water partition coefficient (Wildman–Crippen LogP) is 3.02. The molecule has 0 unspecified atom stereocenters. The Morgan fingerprint density at radius 3 is 2.89 bits per heavy atom. The average molecular weight is 299 g/mol. The molecule has 2 rings (SSSR count). The first-order valence-electron chi connectivity index (χ1n) is 5.33. The van der Waals surface area contributed by atoms with Gasteiger partial charge < -0.3 is 4.74 Å². The van der Waals surface area contributed by atoms with Gasteiger partial charge in [0, 0.05) is 10.5 Å². The van der Waals surface area contributed by atoms with Gasteiger partial charge in [-0.1, -0.05) is 34.4 Å². The molecule has 6 nitrogen and oxygen atoms in total. The molecule has 0 aliphatic carbocycles. The molecule has 1 atom stereocenters. The van der Waals surface area contributed by atoms with E-state index in [0.29, 0.717) is 15.6 Å². The van der Waals surface area contributed by atoms with E-state index in [2.05, 4.69) is 15.0 Å². The Bertz CT molecular complexity index is 596. The molecule has 0 saturated heterocycles. The van der Waals surface area contributed by atoms with Gasteiger partial charge in [-0.2, -0.15) is 0 Å². The molecular weight excluding hydrogens is 291 g/mol. The third-order valence-electron chi connectivity index (χ3n) is 2.46. The van der Waals surface area contributed by atoms with E-state index >= 15 is 0 Å². The van der Waals surface area contributed by atoms with Crippen LogP contribution in [0.2, 0.25) is 10.0 Å². The summed E-state index contributed by atoms with van der Waals surface area (Å²) in [6.07, 6.45) is -0.519. The Labute approximate surface area is 118 Å². The number of aliphatic imine (C=N–C) groups is 1. The number of halogens is 2. The van der Waals surface area contributed by atoms with Gasteiger partial charge in [0.2, 0.25) is 0 Å². The SMILES string of the molecule is [N-]=[N+]=NC[C@@H]1CN=C(c2ccc(Cl)c(Cl)c2)C(=O)O1. The predicted molar refractivity (Wildman–Crippen MR) is 71.8 cm³/mol. The van der Waals surface area contributed by atoms with Crippen molar-refractivity contribution in [3.8, 4) is 0 Å². The van der Waals surface area contributed by atoms with Gasteiger partial charge in [0.15, 0.2) is 5.71 Å². The highest BCUT2D eigenvalue weighted by molar-refractivity contribution is 6.45. The molecular formula is C11H8Cl2N4O2. The Hall–Kier alpha value is -1.75. The Morgan fingerprint density at radius 1 is 1.47 bits per heavy atom. The van der Waals surface area contributed by atoms with Crippen LogP contribution in [0.15, 0.2) is 28.3 Å². The Morgan fingerprint density at radius 2 is 2.26 bits per heavy atom. The first kappa shape index (κ1) is 13.7. The second-order valence-electron chi connectivity index (χ2n) is 3.76. The minimum Gasteiger partial charge on any atom is -0.456 e. The molecule has 0 fully saturated rings. The van der Waals surface area contributed by atoms with E-state index in [1.54, 1.807) is 18.2 Å². The van der Waals surface area contributed by atoms with E-state index in [1.165, 1.54) is 0 Å². The molecule has 1 heterocycles. The second kappa shape index (κ2) is 5.93. The molecule has 1 aliphatic heterocycles. The smallest absolute Gasteiger partial charge is 0.357 e. The highest BCUT2D eigenvalue weighted by Gasteiger charge is 2.25. The quantitative estimate of drug-likeness (QED) is 0.371. The molecule has 1 aliphatic rings. The molecule has 0 N–H and O–H groups in total. The maximum Gasteiger partial charge on any atom is 0.357 e. The summed E-state index contributed by atoms with van der Waals surface area (Å²) in [6, 6.07) is 4.78. The van der Waals surface area contributed by atoms with E-state index in [-0.39, 0.29) is 18.8 Å². The number of esters is 1. The van der Waals surface area contributed by atoms with Crippen LogP contribution in [0.25, 0.3) is 10.4 Å². The molecule has 1 aromatic rings. The summed E-state index contributed by atoms with van der Waals surface area (Å²) in [5.41, 5.74) is 8.94. The molecule has 0 bridgehead atoms. The number of benzene rings is 1. The van der Waals surface area contributed by atoms with Gasteiger partial charge in [-0.25, -0.2) is 4.79 Å².